The number of carbonyl (C=O) groups is 2. The quantitative estimate of drug-likeness (QED) is 0.798. The molecule has 3 aliphatic rings. The van der Waals surface area contributed by atoms with Gasteiger partial charge in [0.25, 0.3) is 5.91 Å². The van der Waals surface area contributed by atoms with Gasteiger partial charge in [0.05, 0.1) is 11.6 Å². The van der Waals surface area contributed by atoms with Crippen molar-refractivity contribution in [2.24, 2.45) is 0 Å². The third-order valence-corrected chi connectivity index (χ3v) is 5.73. The van der Waals surface area contributed by atoms with Crippen LogP contribution in [-0.2, 0) is 11.3 Å². The number of benzene rings is 1. The Morgan fingerprint density at radius 1 is 1.04 bits per heavy atom. The Labute approximate surface area is 157 Å². The number of fused-ring (bicyclic) bond motifs is 1. The molecule has 1 saturated heterocycles. The Bertz CT molecular complexity index is 728. The Morgan fingerprint density at radius 2 is 1.73 bits per heavy atom. The van der Waals surface area contributed by atoms with Gasteiger partial charge in [-0.05, 0) is 30.5 Å². The fraction of sp³-hybridized carbons (Fsp3) is 0.579. The fourth-order valence-corrected chi connectivity index (χ4v) is 4.39. The lowest BCUT2D eigenvalue weighted by Gasteiger charge is -2.28. The third-order valence-electron chi connectivity index (χ3n) is 5.45. The van der Waals surface area contributed by atoms with Gasteiger partial charge in [-0.1, -0.05) is 43.7 Å². The summed E-state index contributed by atoms with van der Waals surface area (Å²) < 4.78 is 11.1. The molecule has 2 heterocycles. The van der Waals surface area contributed by atoms with Crippen LogP contribution < -0.4 is 14.8 Å². The molecular formula is C19H23ClN2O4. The van der Waals surface area contributed by atoms with E-state index in [1.807, 2.05) is 0 Å². The summed E-state index contributed by atoms with van der Waals surface area (Å²) in [6.07, 6.45) is 6.81. The van der Waals surface area contributed by atoms with Crippen LogP contribution in [0.3, 0.4) is 0 Å². The van der Waals surface area contributed by atoms with Crippen molar-refractivity contribution in [1.82, 2.24) is 10.2 Å². The van der Waals surface area contributed by atoms with E-state index in [1.165, 1.54) is 11.3 Å². The molecule has 26 heavy (non-hydrogen) atoms. The van der Waals surface area contributed by atoms with Crippen LogP contribution in [0.25, 0.3) is 0 Å². The molecule has 0 radical (unpaired) electrons. The molecule has 1 aromatic rings. The number of halogens is 1. The van der Waals surface area contributed by atoms with Crippen molar-refractivity contribution >= 4 is 23.5 Å². The molecule has 0 bridgehead atoms. The molecule has 1 aliphatic carbocycles. The van der Waals surface area contributed by atoms with Gasteiger partial charge in [-0.15, -0.1) is 0 Å². The highest BCUT2D eigenvalue weighted by Crippen LogP contribution is 2.39. The molecule has 3 amide bonds. The first-order valence-corrected chi connectivity index (χ1v) is 9.69. The van der Waals surface area contributed by atoms with Crippen LogP contribution in [-0.4, -0.2) is 35.6 Å². The van der Waals surface area contributed by atoms with E-state index >= 15 is 0 Å². The minimum Gasteiger partial charge on any atom is -0.486 e. The summed E-state index contributed by atoms with van der Waals surface area (Å²) in [4.78, 5) is 26.9. The largest absolute Gasteiger partial charge is 0.486 e. The summed E-state index contributed by atoms with van der Waals surface area (Å²) in [6, 6.07) is 3.21. The van der Waals surface area contributed by atoms with Gasteiger partial charge in [0, 0.05) is 0 Å². The molecule has 1 aromatic carbocycles. The molecular weight excluding hydrogens is 356 g/mol. The highest BCUT2D eigenvalue weighted by molar-refractivity contribution is 6.32. The zero-order valence-corrected chi connectivity index (χ0v) is 15.4. The number of carbonyl (C=O) groups excluding carboxylic acids is 2. The smallest absolute Gasteiger partial charge is 0.325 e. The number of ether oxygens (including phenoxy) is 2. The SMILES string of the molecule is O=C1NC2(CCCCCCC2)C(=O)N1Cc1cc(Cl)c2c(c1)OCCO2. The average molecular weight is 379 g/mol. The molecule has 1 spiro atoms. The monoisotopic (exact) mass is 378 g/mol. The molecule has 140 valence electrons. The summed E-state index contributed by atoms with van der Waals surface area (Å²) >= 11 is 6.28. The summed E-state index contributed by atoms with van der Waals surface area (Å²) in [5.41, 5.74) is 0.0282. The van der Waals surface area contributed by atoms with Crippen LogP contribution in [0.4, 0.5) is 4.79 Å². The van der Waals surface area contributed by atoms with Crippen molar-refractivity contribution < 1.29 is 19.1 Å². The van der Waals surface area contributed by atoms with Gasteiger partial charge in [-0.25, -0.2) is 4.79 Å². The number of rotatable bonds is 2. The number of amides is 3. The first kappa shape index (κ1) is 17.5. The number of urea groups is 1. The van der Waals surface area contributed by atoms with Crippen molar-refractivity contribution in [2.45, 2.75) is 57.0 Å². The van der Waals surface area contributed by atoms with Gasteiger partial charge in [-0.3, -0.25) is 9.69 Å². The second kappa shape index (κ2) is 6.99. The molecule has 0 aromatic heterocycles. The zero-order valence-electron chi connectivity index (χ0n) is 14.7. The zero-order chi connectivity index (χ0) is 18.1. The lowest BCUT2D eigenvalue weighted by molar-refractivity contribution is -0.132. The summed E-state index contributed by atoms with van der Waals surface area (Å²) in [7, 11) is 0. The molecule has 2 aliphatic heterocycles. The fourth-order valence-electron chi connectivity index (χ4n) is 4.11. The van der Waals surface area contributed by atoms with E-state index in [2.05, 4.69) is 5.32 Å². The third kappa shape index (κ3) is 3.11. The number of nitrogens with zero attached hydrogens (tertiary/aromatic N) is 1. The Balaban J connectivity index is 1.55. The van der Waals surface area contributed by atoms with Gasteiger partial charge < -0.3 is 14.8 Å². The van der Waals surface area contributed by atoms with Crippen molar-refractivity contribution in [3.05, 3.63) is 22.7 Å². The van der Waals surface area contributed by atoms with Gasteiger partial charge in [0.1, 0.15) is 18.8 Å². The number of hydrogen-bond acceptors (Lipinski definition) is 4. The number of nitrogens with one attached hydrogen (secondary N) is 1. The topological polar surface area (TPSA) is 67.9 Å². The van der Waals surface area contributed by atoms with E-state index in [0.29, 0.717) is 29.7 Å². The molecule has 0 atom stereocenters. The molecule has 1 N–H and O–H groups in total. The highest BCUT2D eigenvalue weighted by atomic mass is 35.5. The van der Waals surface area contributed by atoms with Crippen LogP contribution in [0.2, 0.25) is 5.02 Å². The molecule has 7 heteroatoms. The maximum absolute atomic E-state index is 13.1. The molecule has 1 saturated carbocycles. The van der Waals surface area contributed by atoms with Gasteiger partial charge >= 0.3 is 6.03 Å². The maximum atomic E-state index is 13.1. The minimum absolute atomic E-state index is 0.115. The Hall–Kier alpha value is -1.95. The van der Waals surface area contributed by atoms with E-state index in [-0.39, 0.29) is 18.5 Å². The molecule has 0 unspecified atom stereocenters. The first-order chi connectivity index (χ1) is 12.6. The van der Waals surface area contributed by atoms with E-state index in [1.54, 1.807) is 12.1 Å². The van der Waals surface area contributed by atoms with Crippen LogP contribution in [0.15, 0.2) is 12.1 Å². The Kier molecular flexibility index (Phi) is 4.69. The second-order valence-electron chi connectivity index (χ2n) is 7.27. The highest BCUT2D eigenvalue weighted by Gasteiger charge is 2.50. The van der Waals surface area contributed by atoms with Crippen LogP contribution in [0.5, 0.6) is 11.5 Å². The first-order valence-electron chi connectivity index (χ1n) is 9.31. The van der Waals surface area contributed by atoms with Crippen molar-refractivity contribution in [1.29, 1.82) is 0 Å². The summed E-state index contributed by atoms with van der Waals surface area (Å²) in [6.45, 7) is 1.10. The van der Waals surface area contributed by atoms with Gasteiger partial charge in [0.2, 0.25) is 0 Å². The Morgan fingerprint density at radius 3 is 2.50 bits per heavy atom. The average Bonchev–Trinajstić information content (AvgIpc) is 2.83. The predicted octanol–water partition coefficient (Wildman–Crippen LogP) is 3.65. The number of imide groups is 1. The predicted molar refractivity (Wildman–Crippen MR) is 96.6 cm³/mol. The van der Waals surface area contributed by atoms with Crippen molar-refractivity contribution in [3.63, 3.8) is 0 Å². The normalized spacial score (nSPS) is 22.1. The maximum Gasteiger partial charge on any atom is 0.325 e. The molecule has 4 rings (SSSR count). The number of hydrogen-bond donors (Lipinski definition) is 1. The van der Waals surface area contributed by atoms with Gasteiger partial charge in [0.15, 0.2) is 11.5 Å². The van der Waals surface area contributed by atoms with Crippen LogP contribution in [0.1, 0.15) is 50.5 Å². The molecule has 6 nitrogen and oxygen atoms in total. The van der Waals surface area contributed by atoms with E-state index in [9.17, 15) is 9.59 Å². The summed E-state index contributed by atoms with van der Waals surface area (Å²) in [5.74, 6) is 0.970. The van der Waals surface area contributed by atoms with E-state index in [0.717, 1.165) is 44.1 Å². The lowest BCUT2D eigenvalue weighted by atomic mass is 9.84. The van der Waals surface area contributed by atoms with E-state index in [4.69, 9.17) is 21.1 Å². The van der Waals surface area contributed by atoms with Crippen LogP contribution in [0, 0.1) is 0 Å². The summed E-state index contributed by atoms with van der Waals surface area (Å²) in [5, 5.41) is 3.42. The van der Waals surface area contributed by atoms with E-state index < -0.39 is 5.54 Å². The second-order valence-corrected chi connectivity index (χ2v) is 7.68. The van der Waals surface area contributed by atoms with Crippen molar-refractivity contribution in [2.75, 3.05) is 13.2 Å². The molecule has 2 fully saturated rings. The van der Waals surface area contributed by atoms with Gasteiger partial charge in [-0.2, -0.15) is 0 Å². The van der Waals surface area contributed by atoms with Crippen molar-refractivity contribution in [3.8, 4) is 11.5 Å². The minimum atomic E-state index is -0.727. The lowest BCUT2D eigenvalue weighted by Crippen LogP contribution is -2.47. The van der Waals surface area contributed by atoms with Crippen LogP contribution >= 0.6 is 11.6 Å². The standard InChI is InChI=1S/C19H23ClN2O4/c20-14-10-13(11-15-16(14)26-9-8-25-15)12-22-17(23)19(21-18(22)24)6-4-2-1-3-5-7-19/h10-11H,1-9,12H2,(H,21,24).